The number of nitrogens with zero attached hydrogens (tertiary/aromatic N) is 1. The second kappa shape index (κ2) is 7.69. The van der Waals surface area contributed by atoms with Crippen molar-refractivity contribution in [1.29, 1.82) is 0 Å². The average Bonchev–Trinajstić information content (AvgIpc) is 2.47. The maximum absolute atomic E-state index is 12.4. The first kappa shape index (κ1) is 16.9. The number of hydrogen-bond donors (Lipinski definition) is 2. The lowest BCUT2D eigenvalue weighted by molar-refractivity contribution is 0.261. The minimum atomic E-state index is -3.40. The van der Waals surface area contributed by atoms with Gasteiger partial charge >= 0.3 is 0 Å². The molecular weight excluding hydrogens is 354 g/mol. The molecule has 1 unspecified atom stereocenters. The first-order valence-corrected chi connectivity index (χ1v) is 9.38. The lowest BCUT2D eigenvalue weighted by Gasteiger charge is -2.31. The average molecular weight is 376 g/mol. The molecule has 0 radical (unpaired) electrons. The number of halogens is 1. The molecule has 1 atom stereocenters. The zero-order valence-electron chi connectivity index (χ0n) is 12.2. The summed E-state index contributed by atoms with van der Waals surface area (Å²) in [6.45, 7) is 2.38. The second-order valence-electron chi connectivity index (χ2n) is 5.38. The van der Waals surface area contributed by atoms with Gasteiger partial charge in [0.05, 0.1) is 0 Å². The molecule has 1 fully saturated rings. The van der Waals surface area contributed by atoms with Crippen molar-refractivity contribution in [3.63, 3.8) is 0 Å². The lowest BCUT2D eigenvalue weighted by Crippen LogP contribution is -2.47. The van der Waals surface area contributed by atoms with Gasteiger partial charge in [-0.15, -0.1) is 0 Å². The molecule has 0 saturated carbocycles. The molecule has 2 N–H and O–H groups in total. The van der Waals surface area contributed by atoms with Crippen LogP contribution in [-0.4, -0.2) is 39.4 Å². The van der Waals surface area contributed by atoms with Gasteiger partial charge in [-0.05, 0) is 50.0 Å². The maximum atomic E-state index is 12.4. The summed E-state index contributed by atoms with van der Waals surface area (Å²) in [7, 11) is -1.50. The van der Waals surface area contributed by atoms with Crippen LogP contribution in [-0.2, 0) is 16.8 Å². The van der Waals surface area contributed by atoms with Gasteiger partial charge in [0.15, 0.2) is 0 Å². The molecule has 1 aromatic carbocycles. The van der Waals surface area contributed by atoms with Gasteiger partial charge in [-0.3, -0.25) is 0 Å². The van der Waals surface area contributed by atoms with Crippen LogP contribution in [0.4, 0.5) is 0 Å². The number of rotatable bonds is 6. The predicted octanol–water partition coefficient (Wildman–Crippen LogP) is 1.71. The van der Waals surface area contributed by atoms with Crippen LogP contribution in [0, 0.1) is 5.92 Å². The van der Waals surface area contributed by atoms with Gasteiger partial charge < -0.3 is 5.32 Å². The summed E-state index contributed by atoms with van der Waals surface area (Å²) in [4.78, 5) is 0. The Hall–Kier alpha value is -0.470. The van der Waals surface area contributed by atoms with Crippen LogP contribution < -0.4 is 10.0 Å². The van der Waals surface area contributed by atoms with E-state index in [1.807, 2.05) is 31.3 Å². The first-order valence-electron chi connectivity index (χ1n) is 7.15. The summed E-state index contributed by atoms with van der Waals surface area (Å²) >= 11 is 3.37. The fourth-order valence-electron chi connectivity index (χ4n) is 2.57. The Kier molecular flexibility index (Phi) is 6.19. The van der Waals surface area contributed by atoms with Crippen LogP contribution in [0.2, 0.25) is 0 Å². The molecule has 2 rings (SSSR count). The SMILES string of the molecule is CNCC1CCCN(S(=O)(=O)NCc2ccc(Br)cc2)C1. The minimum absolute atomic E-state index is 0.322. The van der Waals surface area contributed by atoms with E-state index in [4.69, 9.17) is 0 Å². The van der Waals surface area contributed by atoms with Gasteiger partial charge in [-0.1, -0.05) is 28.1 Å². The second-order valence-corrected chi connectivity index (χ2v) is 8.05. The highest BCUT2D eigenvalue weighted by molar-refractivity contribution is 9.10. The third-order valence-electron chi connectivity index (χ3n) is 3.69. The van der Waals surface area contributed by atoms with Crippen LogP contribution in [0.1, 0.15) is 18.4 Å². The Labute approximate surface area is 135 Å². The van der Waals surface area contributed by atoms with Crippen molar-refractivity contribution in [3.05, 3.63) is 34.3 Å². The van der Waals surface area contributed by atoms with Crippen molar-refractivity contribution in [2.24, 2.45) is 5.92 Å². The van der Waals surface area contributed by atoms with E-state index in [-0.39, 0.29) is 0 Å². The summed E-state index contributed by atoms with van der Waals surface area (Å²) in [5.74, 6) is 0.396. The van der Waals surface area contributed by atoms with E-state index in [1.165, 1.54) is 0 Å². The molecule has 0 bridgehead atoms. The van der Waals surface area contributed by atoms with Gasteiger partial charge in [-0.25, -0.2) is 0 Å². The topological polar surface area (TPSA) is 61.4 Å². The summed E-state index contributed by atoms with van der Waals surface area (Å²) in [6.07, 6.45) is 2.01. The Morgan fingerprint density at radius 3 is 2.71 bits per heavy atom. The van der Waals surface area contributed by atoms with Gasteiger partial charge in [0.1, 0.15) is 0 Å². The van der Waals surface area contributed by atoms with Gasteiger partial charge in [-0.2, -0.15) is 17.4 Å². The monoisotopic (exact) mass is 375 g/mol. The molecule has 21 heavy (non-hydrogen) atoms. The largest absolute Gasteiger partial charge is 0.319 e. The van der Waals surface area contributed by atoms with Crippen molar-refractivity contribution in [2.45, 2.75) is 19.4 Å². The highest BCUT2D eigenvalue weighted by Crippen LogP contribution is 2.18. The van der Waals surface area contributed by atoms with Crippen molar-refractivity contribution in [2.75, 3.05) is 26.7 Å². The smallest absolute Gasteiger partial charge is 0.279 e. The van der Waals surface area contributed by atoms with Gasteiger partial charge in [0.2, 0.25) is 0 Å². The van der Waals surface area contributed by atoms with Crippen LogP contribution >= 0.6 is 15.9 Å². The molecule has 1 aromatic rings. The molecule has 0 amide bonds. The van der Waals surface area contributed by atoms with E-state index in [1.54, 1.807) is 4.31 Å². The summed E-state index contributed by atoms with van der Waals surface area (Å²) in [6, 6.07) is 7.64. The normalized spacial score (nSPS) is 20.6. The number of piperidine rings is 1. The molecule has 5 nitrogen and oxygen atoms in total. The maximum Gasteiger partial charge on any atom is 0.279 e. The van der Waals surface area contributed by atoms with Crippen molar-refractivity contribution in [3.8, 4) is 0 Å². The molecule has 0 aromatic heterocycles. The minimum Gasteiger partial charge on any atom is -0.319 e. The summed E-state index contributed by atoms with van der Waals surface area (Å²) in [5, 5.41) is 3.13. The van der Waals surface area contributed by atoms with Crippen LogP contribution in [0.3, 0.4) is 0 Å². The van der Waals surface area contributed by atoms with E-state index in [0.29, 0.717) is 25.6 Å². The Morgan fingerprint density at radius 2 is 2.05 bits per heavy atom. The van der Waals surface area contributed by atoms with E-state index in [2.05, 4.69) is 26.0 Å². The van der Waals surface area contributed by atoms with Crippen LogP contribution in [0.25, 0.3) is 0 Å². The molecular formula is C14H22BrN3O2S. The van der Waals surface area contributed by atoms with Crippen molar-refractivity contribution < 1.29 is 8.42 Å². The van der Waals surface area contributed by atoms with E-state index < -0.39 is 10.2 Å². The van der Waals surface area contributed by atoms with Gasteiger partial charge in [0, 0.05) is 24.1 Å². The molecule has 1 heterocycles. The first-order chi connectivity index (χ1) is 10.0. The van der Waals surface area contributed by atoms with Crippen molar-refractivity contribution in [1.82, 2.24) is 14.3 Å². The third kappa shape index (κ3) is 5.03. The molecule has 0 spiro atoms. The molecule has 118 valence electrons. The zero-order chi connectivity index (χ0) is 15.3. The molecule has 1 aliphatic heterocycles. The Bertz CT molecular complexity index is 546. The van der Waals surface area contributed by atoms with E-state index in [0.717, 1.165) is 29.4 Å². The fourth-order valence-corrected chi connectivity index (χ4v) is 4.14. The Morgan fingerprint density at radius 1 is 1.33 bits per heavy atom. The molecule has 1 aliphatic rings. The number of benzene rings is 1. The highest BCUT2D eigenvalue weighted by atomic mass is 79.9. The lowest BCUT2D eigenvalue weighted by atomic mass is 10.00. The highest BCUT2D eigenvalue weighted by Gasteiger charge is 2.28. The molecule has 1 saturated heterocycles. The fraction of sp³-hybridized carbons (Fsp3) is 0.571. The standard InChI is InChI=1S/C14H22BrN3O2S/c1-16-9-13-3-2-8-18(11-13)21(19,20)17-10-12-4-6-14(15)7-5-12/h4-7,13,16-17H,2-3,8-11H2,1H3. The summed E-state index contributed by atoms with van der Waals surface area (Å²) in [5.41, 5.74) is 0.950. The Balaban J connectivity index is 1.93. The van der Waals surface area contributed by atoms with E-state index >= 15 is 0 Å². The van der Waals surface area contributed by atoms with Gasteiger partial charge in [0.25, 0.3) is 10.2 Å². The third-order valence-corrected chi connectivity index (χ3v) is 5.74. The van der Waals surface area contributed by atoms with E-state index in [9.17, 15) is 8.42 Å². The zero-order valence-corrected chi connectivity index (χ0v) is 14.6. The summed E-state index contributed by atoms with van der Waals surface area (Å²) < 4.78 is 30.0. The van der Waals surface area contributed by atoms with Crippen LogP contribution in [0.5, 0.6) is 0 Å². The van der Waals surface area contributed by atoms with Crippen LogP contribution in [0.15, 0.2) is 28.7 Å². The quantitative estimate of drug-likeness (QED) is 0.795. The predicted molar refractivity (Wildman–Crippen MR) is 88.1 cm³/mol. The molecule has 0 aliphatic carbocycles. The number of hydrogen-bond acceptors (Lipinski definition) is 3. The number of nitrogens with one attached hydrogen (secondary N) is 2. The molecule has 7 heteroatoms. The van der Waals surface area contributed by atoms with Crippen molar-refractivity contribution >= 4 is 26.1 Å².